The van der Waals surface area contributed by atoms with E-state index in [1.165, 1.54) is 6.42 Å². The summed E-state index contributed by atoms with van der Waals surface area (Å²) in [5, 5.41) is 0. The van der Waals surface area contributed by atoms with Crippen molar-refractivity contribution < 1.29 is 13.3 Å². The lowest BCUT2D eigenvalue weighted by Gasteiger charge is -2.39. The van der Waals surface area contributed by atoms with Gasteiger partial charge < -0.3 is 13.3 Å². The van der Waals surface area contributed by atoms with Gasteiger partial charge >= 0.3 is 8.80 Å². The summed E-state index contributed by atoms with van der Waals surface area (Å²) in [4.78, 5) is 0. The first-order valence-electron chi connectivity index (χ1n) is 7.28. The van der Waals surface area contributed by atoms with Gasteiger partial charge in [-0.25, -0.2) is 0 Å². The molecular formula is C14H26O3Si. The minimum Gasteiger partial charge on any atom is -0.374 e. The van der Waals surface area contributed by atoms with Gasteiger partial charge in [-0.2, -0.15) is 0 Å². The second-order valence-corrected chi connectivity index (χ2v) is 7.98. The highest BCUT2D eigenvalue weighted by Gasteiger charge is 2.59. The van der Waals surface area contributed by atoms with Crippen LogP contribution in [0, 0.1) is 17.8 Å². The maximum Gasteiger partial charge on any atom is 0.505 e. The number of hydrogen-bond donors (Lipinski definition) is 0. The second kappa shape index (κ2) is 5.86. The van der Waals surface area contributed by atoms with E-state index in [-0.39, 0.29) is 0 Å². The molecule has 0 N–H and O–H groups in total. The number of hydrogen-bond acceptors (Lipinski definition) is 3. The molecule has 1 saturated carbocycles. The number of rotatable bonds is 7. The first kappa shape index (κ1) is 14.3. The zero-order chi connectivity index (χ0) is 13.2. The van der Waals surface area contributed by atoms with Gasteiger partial charge in [-0.1, -0.05) is 19.1 Å². The summed E-state index contributed by atoms with van der Waals surface area (Å²) >= 11 is 0. The van der Waals surface area contributed by atoms with E-state index in [9.17, 15) is 0 Å². The molecule has 2 bridgehead atoms. The van der Waals surface area contributed by atoms with E-state index in [0.29, 0.717) is 43.1 Å². The van der Waals surface area contributed by atoms with E-state index in [1.54, 1.807) is 0 Å². The molecule has 0 heterocycles. The van der Waals surface area contributed by atoms with Crippen LogP contribution in [0.25, 0.3) is 0 Å². The Hall–Kier alpha value is -0.163. The Morgan fingerprint density at radius 2 is 1.44 bits per heavy atom. The molecule has 0 aromatic rings. The molecule has 2 rings (SSSR count). The lowest BCUT2D eigenvalue weighted by atomic mass is 9.95. The van der Waals surface area contributed by atoms with E-state index < -0.39 is 8.80 Å². The normalized spacial score (nSPS) is 34.4. The fraction of sp³-hybridized carbons (Fsp3) is 0.857. The monoisotopic (exact) mass is 270 g/mol. The quantitative estimate of drug-likeness (QED) is 0.525. The lowest BCUT2D eigenvalue weighted by Crippen LogP contribution is -2.53. The van der Waals surface area contributed by atoms with Gasteiger partial charge in [0.15, 0.2) is 0 Å². The minimum absolute atomic E-state index is 0.451. The van der Waals surface area contributed by atoms with Gasteiger partial charge in [0, 0.05) is 25.4 Å². The Morgan fingerprint density at radius 1 is 0.944 bits per heavy atom. The van der Waals surface area contributed by atoms with E-state index in [1.807, 2.05) is 20.8 Å². The molecule has 0 amide bonds. The molecule has 0 aliphatic heterocycles. The van der Waals surface area contributed by atoms with Crippen LogP contribution >= 0.6 is 0 Å². The van der Waals surface area contributed by atoms with Gasteiger partial charge in [-0.3, -0.25) is 0 Å². The highest BCUT2D eigenvalue weighted by atomic mass is 28.4. The zero-order valence-electron chi connectivity index (χ0n) is 12.0. The van der Waals surface area contributed by atoms with Crippen LogP contribution in [-0.2, 0) is 13.3 Å². The van der Waals surface area contributed by atoms with Crippen molar-refractivity contribution in [3.63, 3.8) is 0 Å². The summed E-state index contributed by atoms with van der Waals surface area (Å²) in [5.74, 6) is 1.92. The Balaban J connectivity index is 2.24. The SMILES string of the molecule is CCO[Si](OCC)(OCC)C1C2C=CC(C2)C1C. The van der Waals surface area contributed by atoms with Crippen LogP contribution in [0.3, 0.4) is 0 Å². The van der Waals surface area contributed by atoms with Crippen molar-refractivity contribution in [2.75, 3.05) is 19.8 Å². The van der Waals surface area contributed by atoms with Crippen LogP contribution in [0.2, 0.25) is 5.54 Å². The molecule has 0 aromatic carbocycles. The fourth-order valence-corrected chi connectivity index (χ4v) is 7.37. The van der Waals surface area contributed by atoms with Crippen molar-refractivity contribution in [3.05, 3.63) is 12.2 Å². The highest BCUT2D eigenvalue weighted by Crippen LogP contribution is 2.56. The van der Waals surface area contributed by atoms with E-state index in [0.717, 1.165) is 0 Å². The standard InChI is InChI=1S/C14H26O3Si/c1-5-15-18(16-6-2,17-7-3)14-11(4)12-8-9-13(14)10-12/h8-9,11-14H,5-7,10H2,1-4H3. The summed E-state index contributed by atoms with van der Waals surface area (Å²) in [6, 6.07) is 0. The smallest absolute Gasteiger partial charge is 0.374 e. The maximum atomic E-state index is 6.08. The zero-order valence-corrected chi connectivity index (χ0v) is 13.0. The number of fused-ring (bicyclic) bond motifs is 2. The first-order valence-corrected chi connectivity index (χ1v) is 9.08. The van der Waals surface area contributed by atoms with Gasteiger partial charge in [0.05, 0.1) is 0 Å². The van der Waals surface area contributed by atoms with Crippen LogP contribution in [0.1, 0.15) is 34.1 Å². The lowest BCUT2D eigenvalue weighted by molar-refractivity contribution is 0.0526. The minimum atomic E-state index is -2.53. The third-order valence-corrected chi connectivity index (χ3v) is 8.14. The molecular weight excluding hydrogens is 244 g/mol. The molecule has 4 atom stereocenters. The molecule has 3 nitrogen and oxygen atoms in total. The molecule has 2 aliphatic rings. The largest absolute Gasteiger partial charge is 0.505 e. The van der Waals surface area contributed by atoms with E-state index >= 15 is 0 Å². The Labute approximate surface area is 112 Å². The van der Waals surface area contributed by atoms with Crippen molar-refractivity contribution in [1.29, 1.82) is 0 Å². The Kier molecular flexibility index (Phi) is 4.64. The molecule has 2 aliphatic carbocycles. The van der Waals surface area contributed by atoms with Crippen LogP contribution in [0.4, 0.5) is 0 Å². The topological polar surface area (TPSA) is 27.7 Å². The summed E-state index contributed by atoms with van der Waals surface area (Å²) in [7, 11) is -2.53. The van der Waals surface area contributed by atoms with Gasteiger partial charge in [0.2, 0.25) is 0 Å². The summed E-state index contributed by atoms with van der Waals surface area (Å²) < 4.78 is 18.2. The van der Waals surface area contributed by atoms with Gasteiger partial charge in [0.25, 0.3) is 0 Å². The van der Waals surface area contributed by atoms with Crippen molar-refractivity contribution in [1.82, 2.24) is 0 Å². The molecule has 4 heteroatoms. The molecule has 0 radical (unpaired) electrons. The van der Waals surface area contributed by atoms with Crippen molar-refractivity contribution in [3.8, 4) is 0 Å². The number of allylic oxidation sites excluding steroid dienone is 2. The molecule has 104 valence electrons. The van der Waals surface area contributed by atoms with Crippen molar-refractivity contribution in [2.24, 2.45) is 17.8 Å². The average molecular weight is 270 g/mol. The van der Waals surface area contributed by atoms with Crippen LogP contribution < -0.4 is 0 Å². The molecule has 0 aromatic heterocycles. The Bertz CT molecular complexity index is 288. The summed E-state index contributed by atoms with van der Waals surface area (Å²) in [6.07, 6.45) is 5.98. The Morgan fingerprint density at radius 3 is 1.83 bits per heavy atom. The van der Waals surface area contributed by atoms with Gasteiger partial charge in [-0.05, 0) is 44.9 Å². The molecule has 0 saturated heterocycles. The van der Waals surface area contributed by atoms with E-state index in [4.69, 9.17) is 13.3 Å². The van der Waals surface area contributed by atoms with Crippen LogP contribution in [0.15, 0.2) is 12.2 Å². The second-order valence-electron chi connectivity index (χ2n) is 5.24. The van der Waals surface area contributed by atoms with E-state index in [2.05, 4.69) is 19.1 Å². The average Bonchev–Trinajstić information content (AvgIpc) is 2.90. The molecule has 1 fully saturated rings. The third-order valence-electron chi connectivity index (χ3n) is 4.30. The van der Waals surface area contributed by atoms with Crippen molar-refractivity contribution in [2.45, 2.75) is 39.7 Å². The predicted octanol–water partition coefficient (Wildman–Crippen LogP) is 3.25. The third kappa shape index (κ3) is 2.31. The van der Waals surface area contributed by atoms with Crippen LogP contribution in [-0.4, -0.2) is 28.6 Å². The molecule has 18 heavy (non-hydrogen) atoms. The van der Waals surface area contributed by atoms with Crippen LogP contribution in [0.5, 0.6) is 0 Å². The first-order chi connectivity index (χ1) is 8.68. The summed E-state index contributed by atoms with van der Waals surface area (Å²) in [5.41, 5.74) is 0.451. The molecule has 4 unspecified atom stereocenters. The summed E-state index contributed by atoms with van der Waals surface area (Å²) in [6.45, 7) is 10.5. The van der Waals surface area contributed by atoms with Crippen molar-refractivity contribution >= 4 is 8.80 Å². The highest BCUT2D eigenvalue weighted by molar-refractivity contribution is 6.62. The van der Waals surface area contributed by atoms with Gasteiger partial charge in [-0.15, -0.1) is 0 Å². The maximum absolute atomic E-state index is 6.08. The fourth-order valence-electron chi connectivity index (χ4n) is 3.67. The van der Waals surface area contributed by atoms with Gasteiger partial charge in [0.1, 0.15) is 0 Å². The molecule has 0 spiro atoms. The predicted molar refractivity (Wildman–Crippen MR) is 74.3 cm³/mol.